The third-order valence-corrected chi connectivity index (χ3v) is 4.16. The predicted octanol–water partition coefficient (Wildman–Crippen LogP) is 1.21. The fourth-order valence-corrected chi connectivity index (χ4v) is 2.94. The zero-order valence-corrected chi connectivity index (χ0v) is 13.0. The van der Waals surface area contributed by atoms with Crippen LogP contribution < -0.4 is 10.6 Å². The van der Waals surface area contributed by atoms with Crippen molar-refractivity contribution in [2.75, 3.05) is 0 Å². The van der Waals surface area contributed by atoms with Gasteiger partial charge in [-0.15, -0.1) is 0 Å². The summed E-state index contributed by atoms with van der Waals surface area (Å²) in [5.74, 6) is -0.516. The van der Waals surface area contributed by atoms with Crippen LogP contribution in [-0.4, -0.2) is 40.2 Å². The third kappa shape index (κ3) is 3.50. The van der Waals surface area contributed by atoms with E-state index in [1.165, 1.54) is 0 Å². The minimum Gasteiger partial charge on any atom is -0.321 e. The van der Waals surface area contributed by atoms with Crippen LogP contribution in [0.3, 0.4) is 0 Å². The number of carbonyl (C=O) groups is 3. The molecule has 2 atom stereocenters. The molecule has 1 heterocycles. The molecule has 7 nitrogen and oxygen atoms in total. The van der Waals surface area contributed by atoms with Crippen LogP contribution in [0.15, 0.2) is 30.3 Å². The summed E-state index contributed by atoms with van der Waals surface area (Å²) < 4.78 is 0. The molecule has 2 rings (SSSR count). The van der Waals surface area contributed by atoms with Crippen LogP contribution >= 0.6 is 0 Å². The van der Waals surface area contributed by atoms with E-state index in [1.807, 2.05) is 37.3 Å². The zero-order chi connectivity index (χ0) is 16.9. The van der Waals surface area contributed by atoms with Crippen molar-refractivity contribution in [3.63, 3.8) is 0 Å². The van der Waals surface area contributed by atoms with Gasteiger partial charge >= 0.3 is 6.03 Å². The average molecular weight is 319 g/mol. The van der Waals surface area contributed by atoms with Gasteiger partial charge < -0.3 is 5.32 Å². The highest BCUT2D eigenvalue weighted by Crippen LogP contribution is 2.28. The van der Waals surface area contributed by atoms with Crippen molar-refractivity contribution in [1.82, 2.24) is 15.7 Å². The number of hydroxylamine groups is 2. The van der Waals surface area contributed by atoms with Crippen LogP contribution in [0.2, 0.25) is 0 Å². The van der Waals surface area contributed by atoms with Gasteiger partial charge in [0, 0.05) is 0 Å². The number of hydrogen-bond donors (Lipinski definition) is 3. The Hall–Kier alpha value is -2.41. The Kier molecular flexibility index (Phi) is 5.33. The Balaban J connectivity index is 2.38. The maximum Gasteiger partial charge on any atom is 0.322 e. The highest BCUT2D eigenvalue weighted by atomic mass is 16.5. The predicted molar refractivity (Wildman–Crippen MR) is 82.6 cm³/mol. The Morgan fingerprint density at radius 3 is 2.52 bits per heavy atom. The van der Waals surface area contributed by atoms with Crippen molar-refractivity contribution in [2.24, 2.45) is 0 Å². The number of nitrogens with one attached hydrogen (secondary N) is 2. The first-order chi connectivity index (χ1) is 11.0. The maximum atomic E-state index is 12.4. The molecule has 7 heteroatoms. The number of carbonyl (C=O) groups excluding carboxylic acids is 3. The number of unbranched alkanes of at least 4 members (excludes halogenated alkanes) is 1. The quantitative estimate of drug-likeness (QED) is 0.290. The first-order valence-electron chi connectivity index (χ1n) is 7.63. The largest absolute Gasteiger partial charge is 0.322 e. The van der Waals surface area contributed by atoms with E-state index in [1.54, 1.807) is 0 Å². The monoisotopic (exact) mass is 319 g/mol. The molecule has 1 aromatic rings. The van der Waals surface area contributed by atoms with Gasteiger partial charge in [-0.25, -0.2) is 9.86 Å². The van der Waals surface area contributed by atoms with Crippen LogP contribution in [0.4, 0.5) is 4.79 Å². The summed E-state index contributed by atoms with van der Waals surface area (Å²) in [6, 6.07) is 7.71. The van der Waals surface area contributed by atoms with Gasteiger partial charge in [-0.2, -0.15) is 0 Å². The van der Waals surface area contributed by atoms with Crippen molar-refractivity contribution >= 4 is 18.3 Å². The van der Waals surface area contributed by atoms with Crippen molar-refractivity contribution in [2.45, 2.75) is 44.2 Å². The number of amides is 4. The van der Waals surface area contributed by atoms with Crippen LogP contribution in [0.1, 0.15) is 31.7 Å². The zero-order valence-electron chi connectivity index (χ0n) is 13.0. The van der Waals surface area contributed by atoms with Crippen LogP contribution in [0, 0.1) is 0 Å². The molecule has 1 fully saturated rings. The first-order valence-corrected chi connectivity index (χ1v) is 7.63. The van der Waals surface area contributed by atoms with E-state index < -0.39 is 23.5 Å². The average Bonchev–Trinajstić information content (AvgIpc) is 2.85. The normalized spacial score (nSPS) is 21.5. The number of hydrogen-bond acceptors (Lipinski definition) is 4. The van der Waals surface area contributed by atoms with E-state index in [0.29, 0.717) is 17.9 Å². The second-order valence-corrected chi connectivity index (χ2v) is 5.67. The van der Waals surface area contributed by atoms with Gasteiger partial charge in [-0.3, -0.25) is 20.1 Å². The molecule has 0 bridgehead atoms. The fraction of sp³-hybridized carbons (Fsp3) is 0.438. The molecule has 0 aromatic heterocycles. The van der Waals surface area contributed by atoms with Gasteiger partial charge in [0.25, 0.3) is 5.91 Å². The molecule has 124 valence electrons. The first kappa shape index (κ1) is 17.0. The van der Waals surface area contributed by atoms with Crippen molar-refractivity contribution in [3.8, 4) is 0 Å². The van der Waals surface area contributed by atoms with E-state index in [4.69, 9.17) is 0 Å². The van der Waals surface area contributed by atoms with Crippen molar-refractivity contribution < 1.29 is 19.6 Å². The molecule has 1 aliphatic rings. The van der Waals surface area contributed by atoms with E-state index in [-0.39, 0.29) is 12.8 Å². The molecule has 0 radical (unpaired) electrons. The Morgan fingerprint density at radius 1 is 1.30 bits per heavy atom. The van der Waals surface area contributed by atoms with E-state index in [9.17, 15) is 19.6 Å². The molecule has 4 amide bonds. The lowest BCUT2D eigenvalue weighted by molar-refractivity contribution is -0.170. The molecule has 0 saturated carbocycles. The number of benzene rings is 1. The van der Waals surface area contributed by atoms with Crippen molar-refractivity contribution in [3.05, 3.63) is 35.9 Å². The summed E-state index contributed by atoms with van der Waals surface area (Å²) in [5.41, 5.74) is -0.485. The lowest BCUT2D eigenvalue weighted by Crippen LogP contribution is -2.62. The van der Waals surface area contributed by atoms with E-state index in [2.05, 4.69) is 10.6 Å². The van der Waals surface area contributed by atoms with E-state index >= 15 is 0 Å². The summed E-state index contributed by atoms with van der Waals surface area (Å²) in [4.78, 5) is 35.2. The molecule has 1 saturated heterocycles. The van der Waals surface area contributed by atoms with Crippen LogP contribution in [0.5, 0.6) is 0 Å². The van der Waals surface area contributed by atoms with Gasteiger partial charge in [0.05, 0.1) is 6.04 Å². The summed E-state index contributed by atoms with van der Waals surface area (Å²) in [6.07, 6.45) is 2.33. The molecule has 23 heavy (non-hydrogen) atoms. The van der Waals surface area contributed by atoms with Crippen molar-refractivity contribution in [1.29, 1.82) is 0 Å². The second kappa shape index (κ2) is 7.23. The molecular formula is C16H21N3O4. The summed E-state index contributed by atoms with van der Waals surface area (Å²) in [6.45, 7) is 1.96. The Bertz CT molecular complexity index is 578. The second-order valence-electron chi connectivity index (χ2n) is 5.67. The fourth-order valence-electron chi connectivity index (χ4n) is 2.94. The van der Waals surface area contributed by atoms with Gasteiger partial charge in [0.1, 0.15) is 5.54 Å². The lowest BCUT2D eigenvalue weighted by Gasteiger charge is -2.37. The summed E-state index contributed by atoms with van der Waals surface area (Å²) in [5, 5.41) is 15.4. The Labute approximate surface area is 134 Å². The molecule has 1 aromatic carbocycles. The third-order valence-electron chi connectivity index (χ3n) is 4.16. The Morgan fingerprint density at radius 2 is 2.00 bits per heavy atom. The lowest BCUT2D eigenvalue weighted by atomic mass is 9.81. The minimum atomic E-state index is -1.33. The summed E-state index contributed by atoms with van der Waals surface area (Å²) in [7, 11) is 0. The van der Waals surface area contributed by atoms with Gasteiger partial charge in [0.2, 0.25) is 6.41 Å². The van der Waals surface area contributed by atoms with E-state index in [0.717, 1.165) is 12.0 Å². The maximum absolute atomic E-state index is 12.4. The molecule has 0 aliphatic carbocycles. The molecule has 3 N–H and O–H groups in total. The van der Waals surface area contributed by atoms with Gasteiger partial charge in [-0.1, -0.05) is 50.1 Å². The summed E-state index contributed by atoms with van der Waals surface area (Å²) >= 11 is 0. The molecular weight excluding hydrogens is 298 g/mol. The highest BCUT2D eigenvalue weighted by Gasteiger charge is 2.53. The smallest absolute Gasteiger partial charge is 0.321 e. The number of imide groups is 1. The SMILES string of the molecule is CCCC[C@@]1(C(Cc2ccccc2)N(O)C=O)NC(=O)NC1=O. The number of rotatable bonds is 8. The van der Waals surface area contributed by atoms with Crippen LogP contribution in [0.25, 0.3) is 0 Å². The highest BCUT2D eigenvalue weighted by molar-refractivity contribution is 6.07. The van der Waals surface area contributed by atoms with Gasteiger partial charge in [-0.05, 0) is 18.4 Å². The number of nitrogens with zero attached hydrogens (tertiary/aromatic N) is 1. The molecule has 0 spiro atoms. The number of urea groups is 1. The minimum absolute atomic E-state index is 0.244. The topological polar surface area (TPSA) is 98.7 Å². The van der Waals surface area contributed by atoms with Crippen LogP contribution in [-0.2, 0) is 16.0 Å². The standard InChI is InChI=1S/C16H21N3O4/c1-2-3-9-16(14(21)17-15(22)18-16)13(19(23)11-20)10-12-7-5-4-6-8-12/h4-8,11,13,23H,2-3,9-10H2,1H3,(H2,17,18,21,22)/t13?,16-/m0/s1. The molecule has 1 aliphatic heterocycles. The van der Waals surface area contributed by atoms with Gasteiger partial charge in [0.15, 0.2) is 0 Å². The molecule has 1 unspecified atom stereocenters.